The van der Waals surface area contributed by atoms with E-state index in [-0.39, 0.29) is 17.4 Å². The molecule has 2 aromatic heterocycles. The summed E-state index contributed by atoms with van der Waals surface area (Å²) in [6.45, 7) is 1.75. The topological polar surface area (TPSA) is 94.3 Å². The molecular weight excluding hydrogens is 396 g/mol. The first kappa shape index (κ1) is 19.3. The first-order valence-corrected chi connectivity index (χ1v) is 9.69. The van der Waals surface area contributed by atoms with Crippen molar-refractivity contribution in [2.45, 2.75) is 12.8 Å². The van der Waals surface area contributed by atoms with Crippen LogP contribution in [0.25, 0.3) is 11.0 Å². The summed E-state index contributed by atoms with van der Waals surface area (Å²) >= 11 is 6.02. The molecule has 3 heterocycles. The van der Waals surface area contributed by atoms with Crippen LogP contribution in [0.3, 0.4) is 0 Å². The van der Waals surface area contributed by atoms with E-state index in [1.807, 2.05) is 23.7 Å². The van der Waals surface area contributed by atoms with Crippen LogP contribution in [-0.4, -0.2) is 55.9 Å². The van der Waals surface area contributed by atoms with Crippen molar-refractivity contribution in [3.63, 3.8) is 0 Å². The number of aryl methyl sites for hydroxylation is 2. The first-order valence-electron chi connectivity index (χ1n) is 9.32. The zero-order valence-corrected chi connectivity index (χ0v) is 16.9. The standard InChI is InChI=1S/C19H21ClN6O3/c1-24-15-5-4-12(20)10-14(15)23-16(24)6-7-21-19(28)29-18-13(11-22-25(18)2)17(27)26-8-3-9-26/h4-5,10-11H,3,6-9H2,1-2H3,(H,21,28). The van der Waals surface area contributed by atoms with Gasteiger partial charge in [0.1, 0.15) is 11.4 Å². The van der Waals surface area contributed by atoms with Gasteiger partial charge in [-0.3, -0.25) is 4.79 Å². The third kappa shape index (κ3) is 3.77. The molecule has 1 N–H and O–H groups in total. The molecule has 0 radical (unpaired) electrons. The SMILES string of the molecule is Cn1ncc(C(=O)N2CCC2)c1OC(=O)NCCc1nc2cc(Cl)ccc2n1C. The van der Waals surface area contributed by atoms with Gasteiger partial charge in [-0.1, -0.05) is 11.6 Å². The number of likely N-dealkylation sites (tertiary alicyclic amines) is 1. The van der Waals surface area contributed by atoms with E-state index in [9.17, 15) is 9.59 Å². The number of carbonyl (C=O) groups is 2. The number of hydrogen-bond donors (Lipinski definition) is 1. The number of carbonyl (C=O) groups excluding carboxylic acids is 2. The van der Waals surface area contributed by atoms with Crippen LogP contribution in [0, 0.1) is 0 Å². The zero-order chi connectivity index (χ0) is 20.5. The van der Waals surface area contributed by atoms with Crippen LogP contribution in [0.2, 0.25) is 5.02 Å². The van der Waals surface area contributed by atoms with Gasteiger partial charge >= 0.3 is 6.09 Å². The molecule has 0 atom stereocenters. The van der Waals surface area contributed by atoms with Crippen molar-refractivity contribution in [3.8, 4) is 5.88 Å². The highest BCUT2D eigenvalue weighted by molar-refractivity contribution is 6.31. The molecular formula is C19H21ClN6O3. The zero-order valence-electron chi connectivity index (χ0n) is 16.2. The molecule has 3 aromatic rings. The molecule has 0 bridgehead atoms. The van der Waals surface area contributed by atoms with Crippen LogP contribution in [0.15, 0.2) is 24.4 Å². The second-order valence-electron chi connectivity index (χ2n) is 6.92. The molecule has 152 valence electrons. The van der Waals surface area contributed by atoms with Crippen molar-refractivity contribution in [2.75, 3.05) is 19.6 Å². The van der Waals surface area contributed by atoms with Crippen molar-refractivity contribution in [3.05, 3.63) is 40.8 Å². The Labute approximate surface area is 172 Å². The van der Waals surface area contributed by atoms with E-state index in [0.717, 1.165) is 23.3 Å². The van der Waals surface area contributed by atoms with Gasteiger partial charge in [0.15, 0.2) is 0 Å². The van der Waals surface area contributed by atoms with E-state index < -0.39 is 6.09 Å². The van der Waals surface area contributed by atoms with Crippen LogP contribution in [-0.2, 0) is 20.5 Å². The van der Waals surface area contributed by atoms with Crippen molar-refractivity contribution < 1.29 is 14.3 Å². The number of imidazole rings is 1. The summed E-state index contributed by atoms with van der Waals surface area (Å²) in [6.07, 6.45) is 2.28. The van der Waals surface area contributed by atoms with Gasteiger partial charge in [-0.25, -0.2) is 14.5 Å². The Morgan fingerprint density at radius 1 is 1.28 bits per heavy atom. The molecule has 0 unspecified atom stereocenters. The lowest BCUT2D eigenvalue weighted by Gasteiger charge is -2.30. The van der Waals surface area contributed by atoms with Crippen LogP contribution in [0.1, 0.15) is 22.6 Å². The van der Waals surface area contributed by atoms with Crippen molar-refractivity contribution in [1.82, 2.24) is 29.5 Å². The molecule has 29 heavy (non-hydrogen) atoms. The summed E-state index contributed by atoms with van der Waals surface area (Å²) in [7, 11) is 3.54. The molecule has 4 rings (SSSR count). The normalized spacial score (nSPS) is 13.4. The molecule has 1 fully saturated rings. The van der Waals surface area contributed by atoms with Gasteiger partial charge in [-0.05, 0) is 24.6 Å². The van der Waals surface area contributed by atoms with E-state index in [2.05, 4.69) is 15.4 Å². The Morgan fingerprint density at radius 3 is 2.79 bits per heavy atom. The number of benzene rings is 1. The van der Waals surface area contributed by atoms with Gasteiger partial charge in [-0.15, -0.1) is 0 Å². The monoisotopic (exact) mass is 416 g/mol. The van der Waals surface area contributed by atoms with Gasteiger partial charge in [0.05, 0.1) is 17.2 Å². The quantitative estimate of drug-likeness (QED) is 0.687. The highest BCUT2D eigenvalue weighted by Crippen LogP contribution is 2.22. The molecule has 0 aliphatic carbocycles. The fourth-order valence-corrected chi connectivity index (χ4v) is 3.40. The summed E-state index contributed by atoms with van der Waals surface area (Å²) < 4.78 is 8.70. The number of amides is 2. The van der Waals surface area contributed by atoms with E-state index >= 15 is 0 Å². The van der Waals surface area contributed by atoms with Crippen LogP contribution < -0.4 is 10.1 Å². The van der Waals surface area contributed by atoms with Crippen LogP contribution in [0.4, 0.5) is 4.79 Å². The Morgan fingerprint density at radius 2 is 2.07 bits per heavy atom. The Bertz CT molecular complexity index is 1090. The maximum absolute atomic E-state index is 12.4. The van der Waals surface area contributed by atoms with Crippen molar-refractivity contribution >= 4 is 34.6 Å². The molecule has 1 saturated heterocycles. The summed E-state index contributed by atoms with van der Waals surface area (Å²) in [5.41, 5.74) is 2.06. The molecule has 1 aromatic carbocycles. The third-order valence-corrected chi connectivity index (χ3v) is 5.24. The average Bonchev–Trinajstić information content (AvgIpc) is 3.14. The molecule has 0 saturated carbocycles. The summed E-state index contributed by atoms with van der Waals surface area (Å²) in [6, 6.07) is 5.54. The first-order chi connectivity index (χ1) is 13.9. The molecule has 9 nitrogen and oxygen atoms in total. The van der Waals surface area contributed by atoms with Gasteiger partial charge in [-0.2, -0.15) is 5.10 Å². The van der Waals surface area contributed by atoms with Crippen LogP contribution >= 0.6 is 11.6 Å². The smallest absolute Gasteiger partial charge is 0.391 e. The minimum atomic E-state index is -0.645. The van der Waals surface area contributed by atoms with Gasteiger partial charge < -0.3 is 19.5 Å². The number of nitrogens with zero attached hydrogens (tertiary/aromatic N) is 5. The predicted molar refractivity (Wildman–Crippen MR) is 107 cm³/mol. The lowest BCUT2D eigenvalue weighted by Crippen LogP contribution is -2.42. The fraction of sp³-hybridized carbons (Fsp3) is 0.368. The fourth-order valence-electron chi connectivity index (χ4n) is 3.23. The number of halogens is 1. The largest absolute Gasteiger partial charge is 0.413 e. The molecule has 1 aliphatic rings. The summed E-state index contributed by atoms with van der Waals surface area (Å²) in [5, 5.41) is 7.37. The van der Waals surface area contributed by atoms with E-state index in [1.165, 1.54) is 10.9 Å². The van der Waals surface area contributed by atoms with Gasteiger partial charge in [0, 0.05) is 45.2 Å². The van der Waals surface area contributed by atoms with E-state index in [0.29, 0.717) is 31.1 Å². The van der Waals surface area contributed by atoms with Gasteiger partial charge in [0.25, 0.3) is 5.91 Å². The maximum Gasteiger partial charge on any atom is 0.413 e. The molecule has 0 spiro atoms. The van der Waals surface area contributed by atoms with E-state index in [1.54, 1.807) is 18.0 Å². The second kappa shape index (κ2) is 7.75. The number of aromatic nitrogens is 4. The minimum Gasteiger partial charge on any atom is -0.391 e. The van der Waals surface area contributed by atoms with Crippen molar-refractivity contribution in [1.29, 1.82) is 0 Å². The summed E-state index contributed by atoms with van der Waals surface area (Å²) in [4.78, 5) is 30.9. The minimum absolute atomic E-state index is 0.136. The second-order valence-corrected chi connectivity index (χ2v) is 7.36. The van der Waals surface area contributed by atoms with Crippen LogP contribution in [0.5, 0.6) is 5.88 Å². The lowest BCUT2D eigenvalue weighted by molar-refractivity contribution is 0.0648. The highest BCUT2D eigenvalue weighted by Gasteiger charge is 2.27. The predicted octanol–water partition coefficient (Wildman–Crippen LogP) is 2.14. The van der Waals surface area contributed by atoms with E-state index in [4.69, 9.17) is 16.3 Å². The number of nitrogens with one attached hydrogen (secondary N) is 1. The lowest BCUT2D eigenvalue weighted by atomic mass is 10.2. The number of hydrogen-bond acceptors (Lipinski definition) is 5. The number of fused-ring (bicyclic) bond motifs is 1. The average molecular weight is 417 g/mol. The molecule has 2 amide bonds. The molecule has 10 heteroatoms. The maximum atomic E-state index is 12.4. The Balaban J connectivity index is 1.37. The summed E-state index contributed by atoms with van der Waals surface area (Å²) in [5.74, 6) is 0.777. The Kier molecular flexibility index (Phi) is 5.14. The number of rotatable bonds is 5. The Hall–Kier alpha value is -3.07. The van der Waals surface area contributed by atoms with Gasteiger partial charge in [0.2, 0.25) is 5.88 Å². The molecule has 1 aliphatic heterocycles. The third-order valence-electron chi connectivity index (χ3n) is 5.00. The number of ether oxygens (including phenoxy) is 1. The highest BCUT2D eigenvalue weighted by atomic mass is 35.5. The van der Waals surface area contributed by atoms with Crippen molar-refractivity contribution in [2.24, 2.45) is 14.1 Å².